The molecule has 0 spiro atoms. The van der Waals surface area contributed by atoms with Crippen LogP contribution >= 0.6 is 23.2 Å². The highest BCUT2D eigenvalue weighted by Gasteiger charge is 2.18. The summed E-state index contributed by atoms with van der Waals surface area (Å²) in [5, 5.41) is 3.68. The van der Waals surface area contributed by atoms with Crippen molar-refractivity contribution in [3.8, 4) is 5.75 Å². The van der Waals surface area contributed by atoms with Crippen molar-refractivity contribution in [1.29, 1.82) is 0 Å². The van der Waals surface area contributed by atoms with Crippen LogP contribution in [0.1, 0.15) is 15.9 Å². The number of sulfonamides is 1. The van der Waals surface area contributed by atoms with Crippen molar-refractivity contribution in [3.05, 3.63) is 57.6 Å². The molecule has 9 heteroatoms. The number of halogens is 2. The molecule has 0 aliphatic rings. The molecule has 0 saturated carbocycles. The third-order valence-electron chi connectivity index (χ3n) is 3.74. The van der Waals surface area contributed by atoms with Crippen molar-refractivity contribution >= 4 is 44.8 Å². The summed E-state index contributed by atoms with van der Waals surface area (Å²) in [7, 11) is -0.610. The van der Waals surface area contributed by atoms with Gasteiger partial charge in [-0.1, -0.05) is 29.3 Å². The quantitative estimate of drug-likeness (QED) is 0.783. The molecule has 0 unspecified atom stereocenters. The molecule has 0 heterocycles. The van der Waals surface area contributed by atoms with E-state index in [-0.39, 0.29) is 12.1 Å². The van der Waals surface area contributed by atoms with E-state index in [1.165, 1.54) is 20.2 Å². The van der Waals surface area contributed by atoms with Crippen molar-refractivity contribution in [1.82, 2.24) is 5.32 Å². The number of carbonyl (C=O) groups excluding carboxylic acids is 1. The number of hydrogen-bond donors (Lipinski definition) is 1. The number of anilines is 1. The van der Waals surface area contributed by atoms with Crippen molar-refractivity contribution in [3.63, 3.8) is 0 Å². The zero-order valence-corrected chi connectivity index (χ0v) is 16.7. The summed E-state index contributed by atoms with van der Waals surface area (Å²) in [5.74, 6) is -0.0908. The molecule has 0 radical (unpaired) electrons. The van der Waals surface area contributed by atoms with E-state index in [9.17, 15) is 13.2 Å². The molecule has 0 aliphatic heterocycles. The minimum Gasteiger partial charge on any atom is -0.496 e. The Hall–Kier alpha value is -1.96. The zero-order valence-electron chi connectivity index (χ0n) is 14.4. The third kappa shape index (κ3) is 4.81. The lowest BCUT2D eigenvalue weighted by molar-refractivity contribution is 0.0948. The second kappa shape index (κ2) is 8.16. The average molecular weight is 417 g/mol. The van der Waals surface area contributed by atoms with E-state index < -0.39 is 15.9 Å². The highest BCUT2D eigenvalue weighted by atomic mass is 35.5. The van der Waals surface area contributed by atoms with E-state index >= 15 is 0 Å². The van der Waals surface area contributed by atoms with E-state index in [0.29, 0.717) is 27.0 Å². The number of methoxy groups -OCH3 is 1. The molecular formula is C17H18Cl2N2O4S. The van der Waals surface area contributed by atoms with Gasteiger partial charge < -0.3 is 10.1 Å². The average Bonchev–Trinajstić information content (AvgIpc) is 2.58. The maximum absolute atomic E-state index is 12.6. The van der Waals surface area contributed by atoms with Gasteiger partial charge in [0.2, 0.25) is 10.0 Å². The van der Waals surface area contributed by atoms with Gasteiger partial charge in [0, 0.05) is 23.6 Å². The molecule has 1 N–H and O–H groups in total. The minimum absolute atomic E-state index is 0.185. The Kier molecular flexibility index (Phi) is 6.39. The lowest BCUT2D eigenvalue weighted by Crippen LogP contribution is -2.26. The summed E-state index contributed by atoms with van der Waals surface area (Å²) >= 11 is 12.0. The van der Waals surface area contributed by atoms with Gasteiger partial charge in [0.25, 0.3) is 5.91 Å². The summed E-state index contributed by atoms with van der Waals surface area (Å²) < 4.78 is 29.7. The van der Waals surface area contributed by atoms with Gasteiger partial charge in [0.05, 0.1) is 24.6 Å². The van der Waals surface area contributed by atoms with E-state index in [1.54, 1.807) is 30.3 Å². The first kappa shape index (κ1) is 20.4. The largest absolute Gasteiger partial charge is 0.496 e. The van der Waals surface area contributed by atoms with Crippen LogP contribution < -0.4 is 14.4 Å². The van der Waals surface area contributed by atoms with Gasteiger partial charge in [0.15, 0.2) is 0 Å². The normalized spacial score (nSPS) is 11.1. The van der Waals surface area contributed by atoms with Crippen LogP contribution in [-0.2, 0) is 16.6 Å². The number of ether oxygens (including phenoxy) is 1. The molecule has 26 heavy (non-hydrogen) atoms. The van der Waals surface area contributed by atoms with Crippen molar-refractivity contribution < 1.29 is 17.9 Å². The monoisotopic (exact) mass is 416 g/mol. The van der Waals surface area contributed by atoms with Crippen LogP contribution in [0.15, 0.2) is 36.4 Å². The van der Waals surface area contributed by atoms with Gasteiger partial charge in [-0.15, -0.1) is 0 Å². The molecule has 0 bridgehead atoms. The van der Waals surface area contributed by atoms with E-state index in [0.717, 1.165) is 10.6 Å². The van der Waals surface area contributed by atoms with Crippen LogP contribution in [0.25, 0.3) is 0 Å². The summed E-state index contributed by atoms with van der Waals surface area (Å²) in [6.07, 6.45) is 1.08. The topological polar surface area (TPSA) is 75.7 Å². The minimum atomic E-state index is -3.45. The molecule has 0 fully saturated rings. The van der Waals surface area contributed by atoms with Crippen LogP contribution in [0, 0.1) is 0 Å². The SMILES string of the molecule is COc1ccc(N(C)S(C)(=O)=O)cc1C(=O)NCc1ccc(Cl)cc1Cl. The Balaban J connectivity index is 2.26. The maximum Gasteiger partial charge on any atom is 0.255 e. The first-order valence-corrected chi connectivity index (χ1v) is 10.1. The molecule has 0 aliphatic carbocycles. The predicted molar refractivity (Wildman–Crippen MR) is 104 cm³/mol. The van der Waals surface area contributed by atoms with Gasteiger partial charge >= 0.3 is 0 Å². The fraction of sp³-hybridized carbons (Fsp3) is 0.235. The summed E-state index contributed by atoms with van der Waals surface area (Å²) in [6.45, 7) is 0.185. The number of nitrogens with zero attached hydrogens (tertiary/aromatic N) is 1. The van der Waals surface area contributed by atoms with Crippen molar-refractivity contribution in [2.45, 2.75) is 6.54 Å². The molecule has 0 saturated heterocycles. The fourth-order valence-corrected chi connectivity index (χ4v) is 3.17. The number of amides is 1. The molecule has 0 aromatic heterocycles. The van der Waals surface area contributed by atoms with Crippen LogP contribution in [0.2, 0.25) is 10.0 Å². The van der Waals surface area contributed by atoms with Gasteiger partial charge in [-0.25, -0.2) is 8.42 Å². The van der Waals surface area contributed by atoms with Crippen LogP contribution in [0.3, 0.4) is 0 Å². The summed E-state index contributed by atoms with van der Waals surface area (Å²) in [4.78, 5) is 12.6. The Morgan fingerprint density at radius 2 is 1.88 bits per heavy atom. The first-order valence-electron chi connectivity index (χ1n) is 7.47. The molecule has 2 rings (SSSR count). The number of nitrogens with one attached hydrogen (secondary N) is 1. The molecule has 6 nitrogen and oxygen atoms in total. The van der Waals surface area contributed by atoms with Gasteiger partial charge in [-0.3, -0.25) is 9.10 Å². The Morgan fingerprint density at radius 1 is 1.19 bits per heavy atom. The Morgan fingerprint density at radius 3 is 2.46 bits per heavy atom. The Labute approximate surface area is 162 Å². The van der Waals surface area contributed by atoms with Crippen molar-refractivity contribution in [2.24, 2.45) is 0 Å². The molecular weight excluding hydrogens is 399 g/mol. The number of carbonyl (C=O) groups is 1. The van der Waals surface area contributed by atoms with E-state index in [1.807, 2.05) is 0 Å². The number of benzene rings is 2. The molecule has 0 atom stereocenters. The number of rotatable bonds is 6. The maximum atomic E-state index is 12.6. The second-order valence-corrected chi connectivity index (χ2v) is 8.39. The third-order valence-corrected chi connectivity index (χ3v) is 5.54. The van der Waals surface area contributed by atoms with Crippen LogP contribution in [0.5, 0.6) is 5.75 Å². The molecule has 140 valence electrons. The summed E-state index contributed by atoms with van der Waals surface area (Å²) in [6, 6.07) is 9.55. The van der Waals surface area contributed by atoms with Gasteiger partial charge in [0.1, 0.15) is 5.75 Å². The predicted octanol–water partition coefficient (Wildman–Crippen LogP) is 3.33. The number of hydrogen-bond acceptors (Lipinski definition) is 4. The molecule has 2 aromatic rings. The highest BCUT2D eigenvalue weighted by Crippen LogP contribution is 2.26. The van der Waals surface area contributed by atoms with Crippen LogP contribution in [0.4, 0.5) is 5.69 Å². The van der Waals surface area contributed by atoms with E-state index in [4.69, 9.17) is 27.9 Å². The second-order valence-electron chi connectivity index (χ2n) is 5.53. The van der Waals surface area contributed by atoms with E-state index in [2.05, 4.69) is 5.32 Å². The standard InChI is InChI=1S/C17H18Cl2N2O4S/c1-21(26(3,23)24)13-6-7-16(25-2)14(9-13)17(22)20-10-11-4-5-12(18)8-15(11)19/h4-9H,10H2,1-3H3,(H,20,22). The molecule has 2 aromatic carbocycles. The highest BCUT2D eigenvalue weighted by molar-refractivity contribution is 7.92. The van der Waals surface area contributed by atoms with Crippen LogP contribution in [-0.4, -0.2) is 34.7 Å². The lowest BCUT2D eigenvalue weighted by Gasteiger charge is -2.18. The zero-order chi connectivity index (χ0) is 19.5. The first-order chi connectivity index (χ1) is 12.1. The van der Waals surface area contributed by atoms with Crippen molar-refractivity contribution in [2.75, 3.05) is 24.7 Å². The van der Waals surface area contributed by atoms with Gasteiger partial charge in [-0.2, -0.15) is 0 Å². The smallest absolute Gasteiger partial charge is 0.255 e. The Bertz CT molecular complexity index is 932. The fourth-order valence-electron chi connectivity index (χ4n) is 2.20. The van der Waals surface area contributed by atoms with Gasteiger partial charge in [-0.05, 0) is 35.9 Å². The molecule has 1 amide bonds. The lowest BCUT2D eigenvalue weighted by atomic mass is 10.1. The summed E-state index contributed by atoms with van der Waals surface area (Å²) in [5.41, 5.74) is 1.27.